The van der Waals surface area contributed by atoms with Gasteiger partial charge in [0, 0.05) is 23.5 Å². The molecule has 21 heavy (non-hydrogen) atoms. The van der Waals surface area contributed by atoms with Crippen LogP contribution in [-0.4, -0.2) is 21.8 Å². The van der Waals surface area contributed by atoms with Crippen molar-refractivity contribution in [3.63, 3.8) is 0 Å². The van der Waals surface area contributed by atoms with Crippen molar-refractivity contribution in [3.8, 4) is 10.6 Å². The lowest BCUT2D eigenvalue weighted by Crippen LogP contribution is -2.20. The van der Waals surface area contributed by atoms with Gasteiger partial charge >= 0.3 is 0 Å². The molecule has 0 aliphatic heterocycles. The van der Waals surface area contributed by atoms with Gasteiger partial charge in [-0.2, -0.15) is 5.10 Å². The summed E-state index contributed by atoms with van der Waals surface area (Å²) >= 11 is 8.95. The smallest absolute Gasteiger partial charge is 0.101 e. The molecule has 3 rings (SSSR count). The zero-order chi connectivity index (χ0) is 14.7. The van der Waals surface area contributed by atoms with Crippen molar-refractivity contribution in [1.29, 1.82) is 0 Å². The predicted octanol–water partition coefficient (Wildman–Crippen LogP) is 3.68. The molecule has 0 fully saturated rings. The lowest BCUT2D eigenvalue weighted by atomic mass is 10.2. The zero-order valence-electron chi connectivity index (χ0n) is 11.0. The van der Waals surface area contributed by atoms with Gasteiger partial charge in [0.2, 0.25) is 0 Å². The molecule has 0 bridgehead atoms. The molecule has 3 aromatic heterocycles. The Balaban J connectivity index is 1.58. The summed E-state index contributed by atoms with van der Waals surface area (Å²) in [5, 5.41) is 22.5. The van der Waals surface area contributed by atoms with Crippen molar-refractivity contribution in [1.82, 2.24) is 15.5 Å². The second-order valence-corrected chi connectivity index (χ2v) is 7.23. The van der Waals surface area contributed by atoms with E-state index in [1.54, 1.807) is 17.4 Å². The van der Waals surface area contributed by atoms with Gasteiger partial charge in [-0.05, 0) is 23.6 Å². The molecule has 7 heteroatoms. The number of thiophene rings is 2. The van der Waals surface area contributed by atoms with Crippen LogP contribution in [0.1, 0.15) is 16.5 Å². The number of aliphatic hydroxyl groups excluding tert-OH is 1. The molecule has 0 aliphatic carbocycles. The number of nitrogens with one attached hydrogen (secondary N) is 2. The van der Waals surface area contributed by atoms with Gasteiger partial charge in [-0.1, -0.05) is 17.7 Å². The van der Waals surface area contributed by atoms with Crippen LogP contribution in [0.2, 0.25) is 4.34 Å². The SMILES string of the molecule is OC(CNCc1cn[nH]c1-c1cccs1)c1ccc(Cl)s1. The topological polar surface area (TPSA) is 60.9 Å². The van der Waals surface area contributed by atoms with E-state index in [0.29, 0.717) is 17.4 Å². The second-order valence-electron chi connectivity index (χ2n) is 4.54. The number of hydrogen-bond acceptors (Lipinski definition) is 5. The maximum atomic E-state index is 10.1. The fourth-order valence-electron chi connectivity index (χ4n) is 2.03. The van der Waals surface area contributed by atoms with E-state index in [4.69, 9.17) is 11.6 Å². The number of H-pyrrole nitrogens is 1. The molecule has 4 nitrogen and oxygen atoms in total. The van der Waals surface area contributed by atoms with Crippen LogP contribution >= 0.6 is 34.3 Å². The molecule has 1 unspecified atom stereocenters. The van der Waals surface area contributed by atoms with E-state index in [1.807, 2.05) is 23.7 Å². The number of nitrogens with zero attached hydrogens (tertiary/aromatic N) is 1. The summed E-state index contributed by atoms with van der Waals surface area (Å²) in [5.74, 6) is 0. The number of hydrogen-bond donors (Lipinski definition) is 3. The van der Waals surface area contributed by atoms with Gasteiger partial charge in [-0.3, -0.25) is 5.10 Å². The fourth-order valence-corrected chi connectivity index (χ4v) is 3.83. The third-order valence-electron chi connectivity index (χ3n) is 3.06. The lowest BCUT2D eigenvalue weighted by Gasteiger charge is -2.10. The Morgan fingerprint density at radius 3 is 3.00 bits per heavy atom. The summed E-state index contributed by atoms with van der Waals surface area (Å²) in [6.45, 7) is 1.13. The number of halogens is 1. The standard InChI is InChI=1S/C14H14ClN3OS2/c15-13-4-3-11(21-13)10(19)8-16-6-9-7-17-18-14(9)12-2-1-5-20-12/h1-5,7,10,16,19H,6,8H2,(H,17,18). The molecule has 0 spiro atoms. The molecule has 1 atom stereocenters. The third kappa shape index (κ3) is 3.53. The first kappa shape index (κ1) is 14.7. The van der Waals surface area contributed by atoms with Crippen molar-refractivity contribution >= 4 is 34.3 Å². The maximum absolute atomic E-state index is 10.1. The van der Waals surface area contributed by atoms with Gasteiger partial charge in [-0.25, -0.2) is 0 Å². The Morgan fingerprint density at radius 2 is 2.29 bits per heavy atom. The minimum absolute atomic E-state index is 0.478. The molecular formula is C14H14ClN3OS2. The summed E-state index contributed by atoms with van der Waals surface area (Å²) in [5.41, 5.74) is 2.13. The van der Waals surface area contributed by atoms with Crippen LogP contribution in [0.3, 0.4) is 0 Å². The number of aromatic nitrogens is 2. The summed E-state index contributed by atoms with van der Waals surface area (Å²) < 4.78 is 0.693. The van der Waals surface area contributed by atoms with E-state index >= 15 is 0 Å². The van der Waals surface area contributed by atoms with Crippen LogP contribution in [0.5, 0.6) is 0 Å². The number of aromatic amines is 1. The molecule has 0 aromatic carbocycles. The molecular weight excluding hydrogens is 326 g/mol. The summed E-state index contributed by atoms with van der Waals surface area (Å²) in [4.78, 5) is 2.04. The van der Waals surface area contributed by atoms with Gasteiger partial charge in [0.25, 0.3) is 0 Å². The highest BCUT2D eigenvalue weighted by Crippen LogP contribution is 2.27. The van der Waals surface area contributed by atoms with Crippen molar-refractivity contribution < 1.29 is 5.11 Å². The molecule has 3 heterocycles. The molecule has 0 radical (unpaired) electrons. The molecule has 3 aromatic rings. The Morgan fingerprint density at radius 1 is 1.38 bits per heavy atom. The van der Waals surface area contributed by atoms with E-state index in [0.717, 1.165) is 21.0 Å². The Kier molecular flexibility index (Phi) is 4.72. The highest BCUT2D eigenvalue weighted by Gasteiger charge is 2.12. The highest BCUT2D eigenvalue weighted by molar-refractivity contribution is 7.16. The Hall–Kier alpha value is -1.18. The first-order valence-corrected chi connectivity index (χ1v) is 8.51. The summed E-state index contributed by atoms with van der Waals surface area (Å²) in [7, 11) is 0. The molecule has 110 valence electrons. The van der Waals surface area contributed by atoms with E-state index < -0.39 is 6.10 Å². The largest absolute Gasteiger partial charge is 0.386 e. The molecule has 0 saturated heterocycles. The highest BCUT2D eigenvalue weighted by atomic mass is 35.5. The Bertz CT molecular complexity index is 693. The van der Waals surface area contributed by atoms with Gasteiger partial charge in [0.05, 0.1) is 21.1 Å². The minimum atomic E-state index is -0.542. The van der Waals surface area contributed by atoms with Crippen LogP contribution in [0.15, 0.2) is 35.8 Å². The average molecular weight is 340 g/mol. The molecule has 3 N–H and O–H groups in total. The minimum Gasteiger partial charge on any atom is -0.386 e. The first-order chi connectivity index (χ1) is 10.2. The fraction of sp³-hybridized carbons (Fsp3) is 0.214. The van der Waals surface area contributed by atoms with E-state index in [1.165, 1.54) is 11.3 Å². The van der Waals surface area contributed by atoms with E-state index in [2.05, 4.69) is 21.6 Å². The predicted molar refractivity (Wildman–Crippen MR) is 87.9 cm³/mol. The van der Waals surface area contributed by atoms with E-state index in [-0.39, 0.29) is 0 Å². The van der Waals surface area contributed by atoms with Crippen LogP contribution in [0, 0.1) is 0 Å². The van der Waals surface area contributed by atoms with Crippen LogP contribution in [-0.2, 0) is 6.54 Å². The summed E-state index contributed by atoms with van der Waals surface area (Å²) in [6, 6.07) is 7.73. The van der Waals surface area contributed by atoms with Gasteiger partial charge in [0.1, 0.15) is 6.10 Å². The van der Waals surface area contributed by atoms with Crippen molar-refractivity contribution in [3.05, 3.63) is 50.6 Å². The molecule has 0 amide bonds. The second kappa shape index (κ2) is 6.72. The van der Waals surface area contributed by atoms with Gasteiger partial charge < -0.3 is 10.4 Å². The maximum Gasteiger partial charge on any atom is 0.101 e. The molecule has 0 aliphatic rings. The van der Waals surface area contributed by atoms with E-state index in [9.17, 15) is 5.11 Å². The van der Waals surface area contributed by atoms with Crippen molar-refractivity contribution in [2.24, 2.45) is 0 Å². The van der Waals surface area contributed by atoms with Crippen molar-refractivity contribution in [2.75, 3.05) is 6.54 Å². The zero-order valence-corrected chi connectivity index (χ0v) is 13.4. The first-order valence-electron chi connectivity index (χ1n) is 6.44. The normalized spacial score (nSPS) is 12.7. The van der Waals surface area contributed by atoms with Crippen LogP contribution in [0.4, 0.5) is 0 Å². The van der Waals surface area contributed by atoms with Gasteiger partial charge in [0.15, 0.2) is 0 Å². The summed E-state index contributed by atoms with van der Waals surface area (Å²) in [6.07, 6.45) is 1.27. The van der Waals surface area contributed by atoms with Gasteiger partial charge in [-0.15, -0.1) is 22.7 Å². The van der Waals surface area contributed by atoms with Crippen LogP contribution in [0.25, 0.3) is 10.6 Å². The number of aliphatic hydroxyl groups is 1. The monoisotopic (exact) mass is 339 g/mol. The van der Waals surface area contributed by atoms with Crippen molar-refractivity contribution in [2.45, 2.75) is 12.6 Å². The van der Waals surface area contributed by atoms with Crippen LogP contribution < -0.4 is 5.32 Å². The quantitative estimate of drug-likeness (QED) is 0.642. The molecule has 0 saturated carbocycles. The Labute approximate surface area is 135 Å². The average Bonchev–Trinajstić information content (AvgIpc) is 3.18. The lowest BCUT2D eigenvalue weighted by molar-refractivity contribution is 0.178. The number of rotatable bonds is 6. The third-order valence-corrected chi connectivity index (χ3v) is 5.28.